The van der Waals surface area contributed by atoms with Crippen molar-refractivity contribution in [2.24, 2.45) is 10.9 Å². The number of rotatable bonds is 9. The van der Waals surface area contributed by atoms with Gasteiger partial charge in [0.1, 0.15) is 17.2 Å². The summed E-state index contributed by atoms with van der Waals surface area (Å²) in [5.74, 6) is 0.339. The Balaban J connectivity index is 1.25. The molecule has 0 aliphatic carbocycles. The van der Waals surface area contributed by atoms with Crippen molar-refractivity contribution < 1.29 is 18.3 Å². The molecule has 4 heterocycles. The van der Waals surface area contributed by atoms with Crippen LogP contribution >= 0.6 is 0 Å². The third kappa shape index (κ3) is 6.39. The first kappa shape index (κ1) is 31.3. The number of ketones is 1. The molecule has 0 amide bonds. The maximum atomic E-state index is 14.9. The molecule has 7 nitrogen and oxygen atoms in total. The molecule has 236 valence electrons. The van der Waals surface area contributed by atoms with Gasteiger partial charge in [0.25, 0.3) is 0 Å². The Morgan fingerprint density at radius 1 is 1.13 bits per heavy atom. The third-order valence-electron chi connectivity index (χ3n) is 9.88. The number of ether oxygens (including phenoxy) is 1. The van der Waals surface area contributed by atoms with Crippen LogP contribution in [0.3, 0.4) is 0 Å². The predicted octanol–water partition coefficient (Wildman–Crippen LogP) is 7.32. The fourth-order valence-corrected chi connectivity index (χ4v) is 7.68. The van der Waals surface area contributed by atoms with Crippen LogP contribution in [0.5, 0.6) is 5.75 Å². The minimum absolute atomic E-state index is 0.0248. The van der Waals surface area contributed by atoms with Gasteiger partial charge in [-0.15, -0.1) is 0 Å². The van der Waals surface area contributed by atoms with E-state index in [-0.39, 0.29) is 28.7 Å². The molecule has 2 aliphatic heterocycles. The van der Waals surface area contributed by atoms with E-state index in [1.807, 2.05) is 47.1 Å². The molecule has 0 spiro atoms. The molecule has 2 atom stereocenters. The maximum absolute atomic E-state index is 14.9. The van der Waals surface area contributed by atoms with Crippen LogP contribution < -0.4 is 4.74 Å². The van der Waals surface area contributed by atoms with Crippen molar-refractivity contribution in [1.29, 1.82) is 0 Å². The minimum Gasteiger partial charge on any atom is -0.496 e. The van der Waals surface area contributed by atoms with Crippen LogP contribution in [0, 0.1) is 11.7 Å². The van der Waals surface area contributed by atoms with Gasteiger partial charge in [-0.1, -0.05) is 39.0 Å². The summed E-state index contributed by atoms with van der Waals surface area (Å²) in [6, 6.07) is 14.9. The average molecular weight is 627 g/mol. The summed E-state index contributed by atoms with van der Waals surface area (Å²) in [7, 11) is -0.520. The molecular weight excluding hydrogens is 584 g/mol. The Morgan fingerprint density at radius 3 is 2.73 bits per heavy atom. The van der Waals surface area contributed by atoms with Gasteiger partial charge in [0.2, 0.25) is 0 Å². The molecule has 2 aliphatic rings. The Morgan fingerprint density at radius 2 is 1.96 bits per heavy atom. The zero-order valence-corrected chi connectivity index (χ0v) is 28.1. The van der Waals surface area contributed by atoms with Crippen LogP contribution in [0.2, 0.25) is 18.1 Å². The summed E-state index contributed by atoms with van der Waals surface area (Å²) in [5.41, 5.74) is 6.14. The lowest BCUT2D eigenvalue weighted by Gasteiger charge is -2.45. The van der Waals surface area contributed by atoms with Crippen LogP contribution in [0.1, 0.15) is 66.2 Å². The number of methoxy groups -OCH3 is 1. The number of halogens is 1. The van der Waals surface area contributed by atoms with Crippen LogP contribution in [-0.4, -0.2) is 60.4 Å². The van der Waals surface area contributed by atoms with Gasteiger partial charge in [0, 0.05) is 72.8 Å². The van der Waals surface area contributed by atoms with Crippen LogP contribution in [0.4, 0.5) is 4.39 Å². The molecule has 0 bridgehead atoms. The van der Waals surface area contributed by atoms with E-state index in [0.717, 1.165) is 41.0 Å². The van der Waals surface area contributed by atoms with Crippen LogP contribution in [-0.2, 0) is 17.5 Å². The van der Waals surface area contributed by atoms with Gasteiger partial charge >= 0.3 is 0 Å². The first-order valence-electron chi connectivity index (χ1n) is 15.8. The van der Waals surface area contributed by atoms with Crippen molar-refractivity contribution in [2.75, 3.05) is 20.2 Å². The number of hydrogen-bond acceptors (Lipinski definition) is 6. The molecule has 2 aromatic heterocycles. The monoisotopic (exact) mass is 626 g/mol. The largest absolute Gasteiger partial charge is 0.496 e. The zero-order valence-electron chi connectivity index (χ0n) is 27.1. The smallest absolute Gasteiger partial charge is 0.192 e. The van der Waals surface area contributed by atoms with E-state index in [9.17, 15) is 9.18 Å². The Kier molecular flexibility index (Phi) is 8.54. The van der Waals surface area contributed by atoms with Gasteiger partial charge in [0.05, 0.1) is 25.5 Å². The van der Waals surface area contributed by atoms with Crippen molar-refractivity contribution >= 4 is 25.5 Å². The predicted molar refractivity (Wildman–Crippen MR) is 178 cm³/mol. The number of pyridine rings is 1. The van der Waals surface area contributed by atoms with Crippen LogP contribution in [0.25, 0.3) is 5.65 Å². The highest BCUT2D eigenvalue weighted by Gasteiger charge is 2.42. The molecule has 2 unspecified atom stereocenters. The number of hydrogen-bond donors (Lipinski definition) is 0. The second-order valence-electron chi connectivity index (χ2n) is 13.9. The lowest BCUT2D eigenvalue weighted by molar-refractivity contribution is 0.0268. The zero-order chi connectivity index (χ0) is 31.9. The van der Waals surface area contributed by atoms with Crippen molar-refractivity contribution in [3.63, 3.8) is 0 Å². The lowest BCUT2D eigenvalue weighted by atomic mass is 9.87. The first-order chi connectivity index (χ1) is 21.4. The fourth-order valence-electron chi connectivity index (χ4n) is 6.26. The van der Waals surface area contributed by atoms with Crippen LogP contribution in [0.15, 0.2) is 72.1 Å². The Labute approximate surface area is 266 Å². The molecule has 0 saturated carbocycles. The number of aromatic nitrogens is 2. The number of piperidine rings is 1. The molecule has 4 aromatic rings. The van der Waals surface area contributed by atoms with Gasteiger partial charge in [-0.3, -0.25) is 14.7 Å². The van der Waals surface area contributed by atoms with Gasteiger partial charge in [-0.2, -0.15) is 0 Å². The fraction of sp³-hybridized carbons (Fsp3) is 0.417. The van der Waals surface area contributed by atoms with Gasteiger partial charge < -0.3 is 13.6 Å². The number of nitrogens with zero attached hydrogens (tertiary/aromatic N) is 4. The van der Waals surface area contributed by atoms with Gasteiger partial charge in [-0.05, 0) is 60.4 Å². The summed E-state index contributed by atoms with van der Waals surface area (Å²) >= 11 is 0. The highest BCUT2D eigenvalue weighted by Crippen LogP contribution is 2.40. The van der Waals surface area contributed by atoms with E-state index in [4.69, 9.17) is 14.2 Å². The molecule has 45 heavy (non-hydrogen) atoms. The second-order valence-corrected chi connectivity index (χ2v) is 18.7. The number of carbonyl (C=O) groups excluding carboxylic acids is 1. The minimum atomic E-state index is -2.09. The molecule has 0 N–H and O–H groups in total. The van der Waals surface area contributed by atoms with Gasteiger partial charge in [0.15, 0.2) is 14.1 Å². The highest BCUT2D eigenvalue weighted by molar-refractivity contribution is 6.74. The topological polar surface area (TPSA) is 68.4 Å². The Hall–Kier alpha value is -3.66. The summed E-state index contributed by atoms with van der Waals surface area (Å²) < 4.78 is 29.3. The Bertz CT molecular complexity index is 1760. The number of benzene rings is 2. The second kappa shape index (κ2) is 12.3. The number of fused-ring (bicyclic) bond motifs is 2. The van der Waals surface area contributed by atoms with E-state index in [1.54, 1.807) is 25.4 Å². The molecule has 9 heteroatoms. The summed E-state index contributed by atoms with van der Waals surface area (Å²) in [4.78, 5) is 25.5. The van der Waals surface area contributed by atoms with E-state index >= 15 is 0 Å². The van der Waals surface area contributed by atoms with Crippen molar-refractivity contribution in [3.8, 4) is 5.75 Å². The molecular formula is C36H43FN4O3Si. The van der Waals surface area contributed by atoms with Gasteiger partial charge in [-0.25, -0.2) is 9.37 Å². The van der Waals surface area contributed by atoms with Crippen molar-refractivity contribution in [3.05, 3.63) is 101 Å². The summed E-state index contributed by atoms with van der Waals surface area (Å²) in [6.45, 7) is 13.7. The van der Waals surface area contributed by atoms with E-state index in [1.165, 1.54) is 6.07 Å². The SMILES string of the molecule is COc1cccc(F)c1CN1CCC(O[Si](C)(C)C(C)(C)C)C(CC(=O)c2ccc3c(c2)C(c2ccc4nccn4c2)=NC3)C1. The van der Waals surface area contributed by atoms with Crippen molar-refractivity contribution in [1.82, 2.24) is 14.3 Å². The molecule has 2 aromatic carbocycles. The molecule has 1 fully saturated rings. The summed E-state index contributed by atoms with van der Waals surface area (Å²) in [6.07, 6.45) is 6.85. The quantitative estimate of drug-likeness (QED) is 0.144. The van der Waals surface area contributed by atoms with E-state index < -0.39 is 8.32 Å². The molecule has 6 rings (SSSR count). The number of likely N-dealkylation sites (tertiary alicyclic amines) is 1. The number of imidazole rings is 1. The number of aliphatic imine (C=N–C) groups is 1. The normalized spacial score (nSPS) is 19.0. The van der Waals surface area contributed by atoms with Crippen molar-refractivity contribution in [2.45, 2.75) is 70.9 Å². The third-order valence-corrected chi connectivity index (χ3v) is 14.4. The maximum Gasteiger partial charge on any atom is 0.192 e. The summed E-state index contributed by atoms with van der Waals surface area (Å²) in [5, 5.41) is 0.0503. The molecule has 1 saturated heterocycles. The lowest BCUT2D eigenvalue weighted by Crippen LogP contribution is -2.51. The van der Waals surface area contributed by atoms with E-state index in [2.05, 4.69) is 43.7 Å². The highest BCUT2D eigenvalue weighted by atomic mass is 28.4. The average Bonchev–Trinajstić information content (AvgIpc) is 3.65. The standard InChI is InChI=1S/C36H43FN4O3Si/c1-36(2,3)45(5,6)44-32-14-16-40(23-29-30(37)8-7-9-33(29)43-4)21-27(32)19-31(42)24-10-11-25-20-39-35(28(25)18-24)26-12-13-34-38-15-17-41(34)22-26/h7-13,15,17-18,22,27,32H,14,16,19-21,23H2,1-6H3. The van der Waals surface area contributed by atoms with E-state index in [0.29, 0.717) is 42.9 Å². The first-order valence-corrected chi connectivity index (χ1v) is 18.7. The number of carbonyl (C=O) groups is 1. The number of Topliss-reactive ketones (excluding diaryl/α,β-unsaturated/α-hetero) is 1. The molecule has 0 radical (unpaired) electrons.